The van der Waals surface area contributed by atoms with Gasteiger partial charge in [0.15, 0.2) is 5.11 Å². The maximum absolute atomic E-state index is 13.4. The van der Waals surface area contributed by atoms with Crippen LogP contribution in [0.25, 0.3) is 5.69 Å². The SMILES string of the molecule is Cc1cccc(N2C(=S)NC(c3ccccn3)C2c2cc(C)n(-c3cccc(C(F)(F)F)c3)c2C)c1. The second-order valence-electron chi connectivity index (χ2n) is 9.05. The minimum absolute atomic E-state index is 0.241. The number of nitrogens with zero attached hydrogens (tertiary/aromatic N) is 3. The van der Waals surface area contributed by atoms with Gasteiger partial charge < -0.3 is 14.8 Å². The number of thiocarbonyl (C=S) groups is 1. The quantitative estimate of drug-likeness (QED) is 0.302. The average molecular weight is 507 g/mol. The summed E-state index contributed by atoms with van der Waals surface area (Å²) in [4.78, 5) is 6.67. The molecule has 184 valence electrons. The van der Waals surface area contributed by atoms with E-state index in [1.165, 1.54) is 12.1 Å². The first kappa shape index (κ1) is 24.1. The Labute approximate surface area is 213 Å². The van der Waals surface area contributed by atoms with Crippen molar-refractivity contribution in [1.82, 2.24) is 14.9 Å². The van der Waals surface area contributed by atoms with Crippen molar-refractivity contribution >= 4 is 23.0 Å². The topological polar surface area (TPSA) is 33.1 Å². The molecule has 1 aliphatic heterocycles. The van der Waals surface area contributed by atoms with Crippen molar-refractivity contribution in [2.45, 2.75) is 39.0 Å². The standard InChI is InChI=1S/C28H25F3N4S/c1-17-8-6-10-21(14-17)35-26(25(33-27(35)36)24-12-4-5-13-32-24)23-15-18(2)34(19(23)3)22-11-7-9-20(16-22)28(29,30)31/h4-16,25-26H,1-3H3,(H,33,36). The summed E-state index contributed by atoms with van der Waals surface area (Å²) in [5, 5.41) is 4.02. The van der Waals surface area contributed by atoms with Crippen LogP contribution in [0.15, 0.2) is 79.0 Å². The van der Waals surface area contributed by atoms with E-state index >= 15 is 0 Å². The van der Waals surface area contributed by atoms with Crippen LogP contribution in [0, 0.1) is 20.8 Å². The molecule has 2 aromatic heterocycles. The van der Waals surface area contributed by atoms with Crippen LogP contribution < -0.4 is 10.2 Å². The molecule has 1 N–H and O–H groups in total. The second kappa shape index (κ2) is 9.09. The Bertz CT molecular complexity index is 1430. The lowest BCUT2D eigenvalue weighted by Crippen LogP contribution is -2.29. The Morgan fingerprint density at radius 1 is 0.889 bits per heavy atom. The van der Waals surface area contributed by atoms with Crippen LogP contribution >= 0.6 is 12.2 Å². The monoisotopic (exact) mass is 506 g/mol. The largest absolute Gasteiger partial charge is 0.416 e. The van der Waals surface area contributed by atoms with Gasteiger partial charge in [-0.1, -0.05) is 24.3 Å². The van der Waals surface area contributed by atoms with Crippen molar-refractivity contribution in [2.75, 3.05) is 4.90 Å². The van der Waals surface area contributed by atoms with E-state index in [1.54, 1.807) is 12.3 Å². The molecule has 36 heavy (non-hydrogen) atoms. The highest BCUT2D eigenvalue weighted by atomic mass is 32.1. The number of aromatic nitrogens is 2. The van der Waals surface area contributed by atoms with Gasteiger partial charge in [-0.15, -0.1) is 0 Å². The number of nitrogens with one attached hydrogen (secondary N) is 1. The highest BCUT2D eigenvalue weighted by molar-refractivity contribution is 7.80. The van der Waals surface area contributed by atoms with E-state index in [0.717, 1.165) is 40.0 Å². The minimum atomic E-state index is -4.42. The predicted molar refractivity (Wildman–Crippen MR) is 139 cm³/mol. The third-order valence-corrected chi connectivity index (χ3v) is 6.91. The first-order valence-corrected chi connectivity index (χ1v) is 12.0. The van der Waals surface area contributed by atoms with Crippen LogP contribution in [0.5, 0.6) is 0 Å². The molecule has 0 spiro atoms. The van der Waals surface area contributed by atoms with Gasteiger partial charge >= 0.3 is 6.18 Å². The maximum Gasteiger partial charge on any atom is 0.416 e. The van der Waals surface area contributed by atoms with Crippen molar-refractivity contribution < 1.29 is 13.2 Å². The fourth-order valence-electron chi connectivity index (χ4n) is 5.03. The molecule has 1 fully saturated rings. The summed E-state index contributed by atoms with van der Waals surface area (Å²) in [5.74, 6) is 0. The van der Waals surface area contributed by atoms with Crippen molar-refractivity contribution in [3.63, 3.8) is 0 Å². The van der Waals surface area contributed by atoms with Crippen LogP contribution in [-0.4, -0.2) is 14.7 Å². The number of halogens is 3. The van der Waals surface area contributed by atoms with Crippen LogP contribution in [0.1, 0.15) is 45.9 Å². The fraction of sp³-hybridized carbons (Fsp3) is 0.214. The second-order valence-corrected chi connectivity index (χ2v) is 9.43. The summed E-state index contributed by atoms with van der Waals surface area (Å²) in [6.45, 7) is 5.87. The van der Waals surface area contributed by atoms with Gasteiger partial charge in [-0.05, 0) is 92.6 Å². The van der Waals surface area contributed by atoms with E-state index in [1.807, 2.05) is 67.8 Å². The van der Waals surface area contributed by atoms with Crippen LogP contribution in [-0.2, 0) is 6.18 Å². The Morgan fingerprint density at radius 3 is 2.33 bits per heavy atom. The highest BCUT2D eigenvalue weighted by Gasteiger charge is 2.42. The van der Waals surface area contributed by atoms with Gasteiger partial charge in [-0.2, -0.15) is 13.2 Å². The first-order chi connectivity index (χ1) is 17.1. The van der Waals surface area contributed by atoms with Gasteiger partial charge in [-0.3, -0.25) is 4.98 Å². The number of anilines is 1. The molecular weight excluding hydrogens is 481 g/mol. The number of benzene rings is 2. The number of hydrogen-bond acceptors (Lipinski definition) is 2. The third kappa shape index (κ3) is 4.26. The zero-order chi connectivity index (χ0) is 25.6. The molecule has 3 heterocycles. The Hall–Kier alpha value is -3.65. The Morgan fingerprint density at radius 2 is 1.64 bits per heavy atom. The van der Waals surface area contributed by atoms with E-state index in [-0.39, 0.29) is 12.1 Å². The normalized spacial score (nSPS) is 17.9. The summed E-state index contributed by atoms with van der Waals surface area (Å²) < 4.78 is 42.2. The average Bonchev–Trinajstić information content (AvgIpc) is 3.34. The van der Waals surface area contributed by atoms with Gasteiger partial charge in [0, 0.05) is 29.0 Å². The molecule has 0 radical (unpaired) electrons. The summed E-state index contributed by atoms with van der Waals surface area (Å²) in [7, 11) is 0. The van der Waals surface area contributed by atoms with Gasteiger partial charge in [0.25, 0.3) is 0 Å². The molecule has 8 heteroatoms. The van der Waals surface area contributed by atoms with Crippen molar-refractivity contribution in [3.05, 3.63) is 113 Å². The lowest BCUT2D eigenvalue weighted by Gasteiger charge is -2.28. The number of pyridine rings is 1. The molecule has 4 aromatic rings. The smallest absolute Gasteiger partial charge is 0.351 e. The number of alkyl halides is 3. The molecule has 1 aliphatic rings. The molecule has 4 nitrogen and oxygen atoms in total. The summed E-state index contributed by atoms with van der Waals surface area (Å²) in [5.41, 5.74) is 5.33. The number of hydrogen-bond donors (Lipinski definition) is 1. The summed E-state index contributed by atoms with van der Waals surface area (Å²) in [6.07, 6.45) is -2.67. The van der Waals surface area contributed by atoms with Crippen molar-refractivity contribution in [1.29, 1.82) is 0 Å². The Balaban J connectivity index is 1.68. The lowest BCUT2D eigenvalue weighted by atomic mass is 9.96. The summed E-state index contributed by atoms with van der Waals surface area (Å²) in [6, 6.07) is 20.8. The van der Waals surface area contributed by atoms with E-state index in [0.29, 0.717) is 10.8 Å². The van der Waals surface area contributed by atoms with E-state index in [4.69, 9.17) is 12.2 Å². The van der Waals surface area contributed by atoms with Crippen LogP contribution in [0.3, 0.4) is 0 Å². The van der Waals surface area contributed by atoms with Gasteiger partial charge in [-0.25, -0.2) is 0 Å². The fourth-order valence-corrected chi connectivity index (χ4v) is 5.38. The number of rotatable bonds is 4. The van der Waals surface area contributed by atoms with Crippen LogP contribution in [0.4, 0.5) is 18.9 Å². The number of aryl methyl sites for hydroxylation is 2. The first-order valence-electron chi connectivity index (χ1n) is 11.6. The molecule has 2 atom stereocenters. The van der Waals surface area contributed by atoms with Crippen molar-refractivity contribution in [2.24, 2.45) is 0 Å². The predicted octanol–water partition coefficient (Wildman–Crippen LogP) is 6.99. The minimum Gasteiger partial charge on any atom is -0.351 e. The zero-order valence-corrected chi connectivity index (χ0v) is 20.9. The molecule has 0 amide bonds. The zero-order valence-electron chi connectivity index (χ0n) is 20.0. The molecule has 1 saturated heterocycles. The van der Waals surface area contributed by atoms with E-state index < -0.39 is 11.7 Å². The van der Waals surface area contributed by atoms with Gasteiger partial charge in [0.05, 0.1) is 23.3 Å². The molecule has 2 unspecified atom stereocenters. The molecule has 5 rings (SSSR count). The highest BCUT2D eigenvalue weighted by Crippen LogP contribution is 2.44. The molecule has 0 saturated carbocycles. The van der Waals surface area contributed by atoms with Crippen molar-refractivity contribution in [3.8, 4) is 5.69 Å². The third-order valence-electron chi connectivity index (χ3n) is 6.60. The molecule has 0 aliphatic carbocycles. The summed E-state index contributed by atoms with van der Waals surface area (Å²) >= 11 is 5.81. The Kier molecular flexibility index (Phi) is 6.08. The van der Waals surface area contributed by atoms with Gasteiger partial charge in [0.1, 0.15) is 0 Å². The van der Waals surface area contributed by atoms with Gasteiger partial charge in [0.2, 0.25) is 0 Å². The van der Waals surface area contributed by atoms with E-state index in [9.17, 15) is 13.2 Å². The lowest BCUT2D eigenvalue weighted by molar-refractivity contribution is -0.137. The molecule has 2 aromatic carbocycles. The molecular formula is C28H25F3N4S. The van der Waals surface area contributed by atoms with Crippen LogP contribution in [0.2, 0.25) is 0 Å². The van der Waals surface area contributed by atoms with E-state index in [2.05, 4.69) is 21.3 Å². The maximum atomic E-state index is 13.4. The molecule has 0 bridgehead atoms.